The van der Waals surface area contributed by atoms with Gasteiger partial charge in [0.15, 0.2) is 17.3 Å². The summed E-state index contributed by atoms with van der Waals surface area (Å²) in [5, 5.41) is 0. The van der Waals surface area contributed by atoms with Gasteiger partial charge in [0.2, 0.25) is 5.75 Å². The lowest BCUT2D eigenvalue weighted by Crippen LogP contribution is -2.20. The molecular formula is C20H20O6. The quantitative estimate of drug-likeness (QED) is 0.766. The zero-order valence-electron chi connectivity index (χ0n) is 15.1. The number of carbonyl (C=O) groups is 1. The number of hydrogen-bond donors (Lipinski definition) is 0. The second-order valence-corrected chi connectivity index (χ2v) is 5.58. The Hall–Kier alpha value is -3.15. The lowest BCUT2D eigenvalue weighted by molar-refractivity contribution is 0.0996. The molecule has 1 aliphatic heterocycles. The first-order valence-corrected chi connectivity index (χ1v) is 7.98. The van der Waals surface area contributed by atoms with Crippen LogP contribution in [-0.2, 0) is 0 Å². The highest BCUT2D eigenvalue weighted by atomic mass is 16.5. The van der Waals surface area contributed by atoms with Gasteiger partial charge in [-0.15, -0.1) is 0 Å². The van der Waals surface area contributed by atoms with Crippen molar-refractivity contribution in [3.63, 3.8) is 0 Å². The van der Waals surface area contributed by atoms with Crippen LogP contribution in [0.4, 0.5) is 0 Å². The molecule has 26 heavy (non-hydrogen) atoms. The summed E-state index contributed by atoms with van der Waals surface area (Å²) in [5.41, 5.74) is 1.73. The van der Waals surface area contributed by atoms with Crippen molar-refractivity contribution >= 4 is 11.9 Å². The van der Waals surface area contributed by atoms with Gasteiger partial charge in [-0.2, -0.15) is 0 Å². The highest BCUT2D eigenvalue weighted by Gasteiger charge is 2.32. The molecule has 6 heteroatoms. The van der Waals surface area contributed by atoms with E-state index in [4.69, 9.17) is 23.7 Å². The number of fused-ring (bicyclic) bond motifs is 1. The Morgan fingerprint density at radius 2 is 1.62 bits per heavy atom. The van der Waals surface area contributed by atoms with Crippen LogP contribution in [-0.4, -0.2) is 40.8 Å². The lowest BCUT2D eigenvalue weighted by atomic mass is 9.96. The number of rotatable bonds is 5. The van der Waals surface area contributed by atoms with Crippen molar-refractivity contribution in [2.75, 3.05) is 35.0 Å². The second kappa shape index (κ2) is 7.39. The van der Waals surface area contributed by atoms with Crippen LogP contribution in [0.3, 0.4) is 0 Å². The molecule has 0 unspecified atom stereocenters. The van der Waals surface area contributed by atoms with E-state index in [2.05, 4.69) is 0 Å². The van der Waals surface area contributed by atoms with E-state index in [0.29, 0.717) is 34.1 Å². The zero-order chi connectivity index (χ0) is 18.7. The highest BCUT2D eigenvalue weighted by molar-refractivity contribution is 6.16. The van der Waals surface area contributed by atoms with Crippen LogP contribution >= 0.6 is 0 Å². The Morgan fingerprint density at radius 1 is 0.923 bits per heavy atom. The second-order valence-electron chi connectivity index (χ2n) is 5.58. The molecule has 0 aromatic heterocycles. The average molecular weight is 356 g/mol. The largest absolute Gasteiger partial charge is 0.497 e. The summed E-state index contributed by atoms with van der Waals surface area (Å²) in [7, 11) is 6.10. The molecule has 136 valence electrons. The van der Waals surface area contributed by atoms with Crippen molar-refractivity contribution in [2.24, 2.45) is 0 Å². The maximum Gasteiger partial charge on any atom is 0.204 e. The van der Waals surface area contributed by atoms with Crippen molar-refractivity contribution in [2.45, 2.75) is 0 Å². The number of benzene rings is 2. The molecular weight excluding hydrogens is 336 g/mol. The van der Waals surface area contributed by atoms with Crippen molar-refractivity contribution in [3.05, 3.63) is 47.0 Å². The number of hydrogen-bond acceptors (Lipinski definition) is 6. The normalized spacial score (nSPS) is 14.5. The Kier molecular flexibility index (Phi) is 5.02. The Bertz CT molecular complexity index is 852. The predicted molar refractivity (Wildman–Crippen MR) is 96.9 cm³/mol. The Balaban J connectivity index is 2.05. The SMILES string of the molecule is COc1ccc(/C=C2\COc3cc(OC)c(OC)c(OC)c3C2=O)cc1. The first kappa shape index (κ1) is 17.7. The molecule has 0 aliphatic carbocycles. The third kappa shape index (κ3) is 3.06. The number of methoxy groups -OCH3 is 4. The molecule has 0 amide bonds. The van der Waals surface area contributed by atoms with Crippen LogP contribution in [0.2, 0.25) is 0 Å². The first-order chi connectivity index (χ1) is 12.6. The maximum atomic E-state index is 13.0. The minimum atomic E-state index is -0.167. The predicted octanol–water partition coefficient (Wildman–Crippen LogP) is 3.38. The molecule has 2 aromatic carbocycles. The molecule has 0 atom stereocenters. The number of carbonyl (C=O) groups excluding carboxylic acids is 1. The van der Waals surface area contributed by atoms with E-state index in [1.807, 2.05) is 24.3 Å². The van der Waals surface area contributed by atoms with Gasteiger partial charge < -0.3 is 23.7 Å². The molecule has 0 fully saturated rings. The average Bonchev–Trinajstić information content (AvgIpc) is 2.69. The smallest absolute Gasteiger partial charge is 0.204 e. The van der Waals surface area contributed by atoms with Gasteiger partial charge in [0.05, 0.1) is 28.4 Å². The number of ether oxygens (including phenoxy) is 5. The summed E-state index contributed by atoms with van der Waals surface area (Å²) < 4.78 is 27.0. The van der Waals surface area contributed by atoms with E-state index in [9.17, 15) is 4.79 Å². The third-order valence-corrected chi connectivity index (χ3v) is 4.15. The fourth-order valence-corrected chi connectivity index (χ4v) is 2.85. The van der Waals surface area contributed by atoms with E-state index in [1.165, 1.54) is 21.3 Å². The standard InChI is InChI=1S/C20H20O6/c1-22-14-7-5-12(6-8-14)9-13-11-26-15-10-16(23-2)19(24-3)20(25-4)17(15)18(13)21/h5-10H,11H2,1-4H3/b13-9+. The molecule has 0 saturated carbocycles. The highest BCUT2D eigenvalue weighted by Crippen LogP contribution is 2.47. The van der Waals surface area contributed by atoms with Crippen molar-refractivity contribution < 1.29 is 28.5 Å². The Morgan fingerprint density at radius 3 is 2.19 bits per heavy atom. The molecule has 0 bridgehead atoms. The molecule has 0 saturated heterocycles. The lowest BCUT2D eigenvalue weighted by Gasteiger charge is -2.23. The van der Waals surface area contributed by atoms with Crippen LogP contribution in [0, 0.1) is 0 Å². The van der Waals surface area contributed by atoms with Crippen LogP contribution < -0.4 is 23.7 Å². The number of Topliss-reactive ketones (excluding diaryl/α,β-unsaturated/α-hetero) is 1. The fourth-order valence-electron chi connectivity index (χ4n) is 2.85. The van der Waals surface area contributed by atoms with Gasteiger partial charge in [0.25, 0.3) is 0 Å². The minimum absolute atomic E-state index is 0.163. The van der Waals surface area contributed by atoms with Gasteiger partial charge in [0, 0.05) is 11.6 Å². The topological polar surface area (TPSA) is 63.2 Å². The van der Waals surface area contributed by atoms with Gasteiger partial charge in [-0.1, -0.05) is 12.1 Å². The van der Waals surface area contributed by atoms with Crippen LogP contribution in [0.5, 0.6) is 28.7 Å². The minimum Gasteiger partial charge on any atom is -0.497 e. The zero-order valence-corrected chi connectivity index (χ0v) is 15.1. The van der Waals surface area contributed by atoms with Gasteiger partial charge in [-0.05, 0) is 23.8 Å². The number of ketones is 1. The van der Waals surface area contributed by atoms with Crippen LogP contribution in [0.1, 0.15) is 15.9 Å². The van der Waals surface area contributed by atoms with Crippen molar-refractivity contribution in [1.82, 2.24) is 0 Å². The maximum absolute atomic E-state index is 13.0. The summed E-state index contributed by atoms with van der Waals surface area (Å²) in [4.78, 5) is 13.0. The molecule has 1 aliphatic rings. The van der Waals surface area contributed by atoms with E-state index in [0.717, 1.165) is 11.3 Å². The molecule has 3 rings (SSSR count). The van der Waals surface area contributed by atoms with Crippen LogP contribution in [0.15, 0.2) is 35.9 Å². The van der Waals surface area contributed by atoms with Crippen molar-refractivity contribution in [3.8, 4) is 28.7 Å². The van der Waals surface area contributed by atoms with E-state index >= 15 is 0 Å². The van der Waals surface area contributed by atoms with Gasteiger partial charge in [-0.3, -0.25) is 4.79 Å². The summed E-state index contributed by atoms with van der Waals surface area (Å²) in [6, 6.07) is 9.06. The first-order valence-electron chi connectivity index (χ1n) is 7.98. The van der Waals surface area contributed by atoms with E-state index in [-0.39, 0.29) is 12.4 Å². The molecule has 0 spiro atoms. The summed E-state index contributed by atoms with van der Waals surface area (Å²) in [6.45, 7) is 0.163. The summed E-state index contributed by atoms with van der Waals surface area (Å²) in [5.74, 6) is 2.10. The van der Waals surface area contributed by atoms with E-state index < -0.39 is 0 Å². The van der Waals surface area contributed by atoms with E-state index in [1.54, 1.807) is 19.3 Å². The molecule has 2 aromatic rings. The van der Waals surface area contributed by atoms with Gasteiger partial charge in [0.1, 0.15) is 23.7 Å². The van der Waals surface area contributed by atoms with Crippen LogP contribution in [0.25, 0.3) is 6.08 Å². The molecule has 0 N–H and O–H groups in total. The Labute approximate surface area is 151 Å². The van der Waals surface area contributed by atoms with Gasteiger partial charge in [-0.25, -0.2) is 0 Å². The summed E-state index contributed by atoms with van der Waals surface area (Å²) in [6.07, 6.45) is 1.79. The molecule has 1 heterocycles. The monoisotopic (exact) mass is 356 g/mol. The fraction of sp³-hybridized carbons (Fsp3) is 0.250. The summed E-state index contributed by atoms with van der Waals surface area (Å²) >= 11 is 0. The van der Waals surface area contributed by atoms with Gasteiger partial charge >= 0.3 is 0 Å². The van der Waals surface area contributed by atoms with Crippen molar-refractivity contribution in [1.29, 1.82) is 0 Å². The molecule has 0 radical (unpaired) electrons. The third-order valence-electron chi connectivity index (χ3n) is 4.15. The molecule has 6 nitrogen and oxygen atoms in total.